The lowest BCUT2D eigenvalue weighted by Crippen LogP contribution is -2.15. The molecule has 0 aliphatic carbocycles. The number of pyridine rings is 1. The summed E-state index contributed by atoms with van der Waals surface area (Å²) in [6, 6.07) is 7.98. The molecule has 1 N–H and O–H groups in total. The van der Waals surface area contributed by atoms with Crippen molar-refractivity contribution in [2.45, 2.75) is 39.7 Å². The van der Waals surface area contributed by atoms with Crippen LogP contribution in [0.2, 0.25) is 5.02 Å². The predicted octanol–water partition coefficient (Wildman–Crippen LogP) is 4.80. The first kappa shape index (κ1) is 15.3. The molecule has 0 unspecified atom stereocenters. The van der Waals surface area contributed by atoms with Crippen molar-refractivity contribution in [2.24, 2.45) is 5.92 Å². The van der Waals surface area contributed by atoms with Gasteiger partial charge in [0.2, 0.25) is 0 Å². The molecule has 20 heavy (non-hydrogen) atoms. The number of hydrogen-bond donors (Lipinski definition) is 1. The van der Waals surface area contributed by atoms with Gasteiger partial charge in [-0.3, -0.25) is 4.98 Å². The molecule has 0 radical (unpaired) electrons. The van der Waals surface area contributed by atoms with E-state index in [4.69, 9.17) is 11.6 Å². The summed E-state index contributed by atoms with van der Waals surface area (Å²) in [5, 5.41) is 5.31. The van der Waals surface area contributed by atoms with Crippen molar-refractivity contribution in [3.63, 3.8) is 0 Å². The van der Waals surface area contributed by atoms with Gasteiger partial charge in [-0.1, -0.05) is 44.4 Å². The number of aromatic nitrogens is 1. The quantitative estimate of drug-likeness (QED) is 0.741. The first-order valence-electron chi connectivity index (χ1n) is 7.41. The minimum atomic E-state index is 0.772. The Hall–Kier alpha value is -1.12. The third-order valence-electron chi connectivity index (χ3n) is 3.50. The van der Waals surface area contributed by atoms with Gasteiger partial charge in [0.1, 0.15) is 0 Å². The number of benzene rings is 1. The molecule has 0 bridgehead atoms. The molecule has 108 valence electrons. The molecule has 3 heteroatoms. The van der Waals surface area contributed by atoms with E-state index >= 15 is 0 Å². The van der Waals surface area contributed by atoms with Crippen LogP contribution in [0, 0.1) is 5.92 Å². The van der Waals surface area contributed by atoms with Crippen molar-refractivity contribution >= 4 is 22.5 Å². The normalized spacial score (nSPS) is 11.4. The average molecular weight is 291 g/mol. The highest BCUT2D eigenvalue weighted by molar-refractivity contribution is 6.35. The van der Waals surface area contributed by atoms with E-state index < -0.39 is 0 Å². The maximum absolute atomic E-state index is 6.20. The molecule has 0 saturated carbocycles. The fraction of sp³-hybridized carbons (Fsp3) is 0.471. The SMILES string of the molecule is CC(C)CCCCNCc1ccc(Cl)c2cccnc12. The lowest BCUT2D eigenvalue weighted by molar-refractivity contribution is 0.521. The van der Waals surface area contributed by atoms with E-state index in [1.165, 1.54) is 24.8 Å². The Labute approximate surface area is 126 Å². The monoisotopic (exact) mass is 290 g/mol. The van der Waals surface area contributed by atoms with Crippen molar-refractivity contribution in [1.29, 1.82) is 0 Å². The number of unbranched alkanes of at least 4 members (excludes halogenated alkanes) is 1. The molecule has 0 amide bonds. The van der Waals surface area contributed by atoms with Crippen LogP contribution >= 0.6 is 11.6 Å². The molecule has 2 rings (SSSR count). The van der Waals surface area contributed by atoms with E-state index in [1.807, 2.05) is 24.4 Å². The summed E-state index contributed by atoms with van der Waals surface area (Å²) >= 11 is 6.20. The molecule has 0 atom stereocenters. The Morgan fingerprint density at radius 1 is 1.20 bits per heavy atom. The summed E-state index contributed by atoms with van der Waals surface area (Å²) in [7, 11) is 0. The van der Waals surface area contributed by atoms with E-state index in [-0.39, 0.29) is 0 Å². The molecule has 0 fully saturated rings. The molecule has 0 aliphatic heterocycles. The molecule has 0 spiro atoms. The van der Waals surface area contributed by atoms with Crippen LogP contribution in [0.1, 0.15) is 38.7 Å². The summed E-state index contributed by atoms with van der Waals surface area (Å²) in [5.41, 5.74) is 2.23. The standard InChI is InChI=1S/C17H23ClN2/c1-13(2)6-3-4-10-19-12-14-8-9-16(18)15-7-5-11-20-17(14)15/h5,7-9,11,13,19H,3-4,6,10,12H2,1-2H3. The first-order chi connectivity index (χ1) is 9.68. The van der Waals surface area contributed by atoms with Gasteiger partial charge in [0.25, 0.3) is 0 Å². The third-order valence-corrected chi connectivity index (χ3v) is 3.83. The van der Waals surface area contributed by atoms with Crippen LogP contribution in [-0.2, 0) is 6.54 Å². The molecule has 0 aliphatic rings. The maximum atomic E-state index is 6.20. The lowest BCUT2D eigenvalue weighted by atomic mass is 10.1. The second-order valence-corrected chi connectivity index (χ2v) is 6.08. The summed E-state index contributed by atoms with van der Waals surface area (Å²) in [6.07, 6.45) is 5.67. The summed E-state index contributed by atoms with van der Waals surface area (Å²) in [5.74, 6) is 0.805. The van der Waals surface area contributed by atoms with Crippen LogP contribution in [0.4, 0.5) is 0 Å². The van der Waals surface area contributed by atoms with Crippen LogP contribution in [0.5, 0.6) is 0 Å². The second kappa shape index (κ2) is 7.61. The van der Waals surface area contributed by atoms with Gasteiger partial charge in [-0.25, -0.2) is 0 Å². The zero-order chi connectivity index (χ0) is 14.4. The Kier molecular flexibility index (Phi) is 5.81. The van der Waals surface area contributed by atoms with Gasteiger partial charge >= 0.3 is 0 Å². The highest BCUT2D eigenvalue weighted by Crippen LogP contribution is 2.24. The van der Waals surface area contributed by atoms with E-state index in [9.17, 15) is 0 Å². The summed E-state index contributed by atoms with van der Waals surface area (Å²) in [6.45, 7) is 6.47. The number of nitrogens with zero attached hydrogens (tertiary/aromatic N) is 1. The molecule has 2 aromatic rings. The Morgan fingerprint density at radius 3 is 2.85 bits per heavy atom. The summed E-state index contributed by atoms with van der Waals surface area (Å²) in [4.78, 5) is 4.46. The zero-order valence-electron chi connectivity index (χ0n) is 12.3. The van der Waals surface area contributed by atoms with Crippen molar-refractivity contribution in [1.82, 2.24) is 10.3 Å². The highest BCUT2D eigenvalue weighted by Gasteiger charge is 2.05. The fourth-order valence-electron chi connectivity index (χ4n) is 2.36. The number of nitrogens with one attached hydrogen (secondary N) is 1. The third kappa shape index (κ3) is 4.19. The van der Waals surface area contributed by atoms with Crippen LogP contribution in [0.15, 0.2) is 30.5 Å². The van der Waals surface area contributed by atoms with E-state index in [1.54, 1.807) is 0 Å². The largest absolute Gasteiger partial charge is 0.313 e. The average Bonchev–Trinajstić information content (AvgIpc) is 2.45. The Bertz CT molecular complexity index is 552. The first-order valence-corrected chi connectivity index (χ1v) is 7.79. The second-order valence-electron chi connectivity index (χ2n) is 5.67. The molecular weight excluding hydrogens is 268 g/mol. The molecular formula is C17H23ClN2. The molecule has 2 nitrogen and oxygen atoms in total. The Balaban J connectivity index is 1.89. The molecule has 0 saturated heterocycles. The summed E-state index contributed by atoms with van der Waals surface area (Å²) < 4.78 is 0. The molecule has 1 aromatic heterocycles. The van der Waals surface area contributed by atoms with Gasteiger partial charge in [0.05, 0.1) is 5.52 Å². The minimum Gasteiger partial charge on any atom is -0.313 e. The van der Waals surface area contributed by atoms with Crippen molar-refractivity contribution < 1.29 is 0 Å². The van der Waals surface area contributed by atoms with Gasteiger partial charge in [0.15, 0.2) is 0 Å². The van der Waals surface area contributed by atoms with Gasteiger partial charge in [-0.15, -0.1) is 0 Å². The topological polar surface area (TPSA) is 24.9 Å². The van der Waals surface area contributed by atoms with Crippen LogP contribution in [-0.4, -0.2) is 11.5 Å². The number of fused-ring (bicyclic) bond motifs is 1. The Morgan fingerprint density at radius 2 is 2.05 bits per heavy atom. The minimum absolute atomic E-state index is 0.772. The van der Waals surface area contributed by atoms with Gasteiger partial charge in [0, 0.05) is 23.2 Å². The van der Waals surface area contributed by atoms with Crippen LogP contribution < -0.4 is 5.32 Å². The molecule has 1 heterocycles. The lowest BCUT2D eigenvalue weighted by Gasteiger charge is -2.09. The van der Waals surface area contributed by atoms with Crippen molar-refractivity contribution in [3.05, 3.63) is 41.0 Å². The van der Waals surface area contributed by atoms with Crippen molar-refractivity contribution in [3.8, 4) is 0 Å². The van der Waals surface area contributed by atoms with Gasteiger partial charge in [-0.2, -0.15) is 0 Å². The zero-order valence-corrected chi connectivity index (χ0v) is 13.1. The highest BCUT2D eigenvalue weighted by atomic mass is 35.5. The van der Waals surface area contributed by atoms with E-state index in [0.717, 1.165) is 34.9 Å². The molecule has 1 aromatic carbocycles. The van der Waals surface area contributed by atoms with Crippen LogP contribution in [0.25, 0.3) is 10.9 Å². The van der Waals surface area contributed by atoms with Gasteiger partial charge in [-0.05, 0) is 42.6 Å². The smallest absolute Gasteiger partial charge is 0.0761 e. The van der Waals surface area contributed by atoms with Crippen LogP contribution in [0.3, 0.4) is 0 Å². The van der Waals surface area contributed by atoms with E-state index in [0.29, 0.717) is 0 Å². The number of rotatable bonds is 7. The van der Waals surface area contributed by atoms with E-state index in [2.05, 4.69) is 30.2 Å². The number of halogens is 1. The fourth-order valence-corrected chi connectivity index (χ4v) is 2.58. The number of hydrogen-bond acceptors (Lipinski definition) is 2. The predicted molar refractivity (Wildman–Crippen MR) is 87.1 cm³/mol. The van der Waals surface area contributed by atoms with Crippen molar-refractivity contribution in [2.75, 3.05) is 6.54 Å². The maximum Gasteiger partial charge on any atom is 0.0761 e. The van der Waals surface area contributed by atoms with Gasteiger partial charge < -0.3 is 5.32 Å².